The molecule has 3 rings (SSSR count). The van der Waals surface area contributed by atoms with Crippen LogP contribution in [-0.4, -0.2) is 82.8 Å². The number of ether oxygens (including phenoxy) is 5. The minimum Gasteiger partial charge on any atom is -0.462 e. The molecule has 1 fully saturated rings. The molecule has 12 nitrogen and oxygen atoms in total. The van der Waals surface area contributed by atoms with Crippen molar-refractivity contribution in [3.8, 4) is 0 Å². The molecule has 3 aliphatic rings. The highest BCUT2D eigenvalue weighted by Gasteiger charge is 2.66. The van der Waals surface area contributed by atoms with Gasteiger partial charge in [0.25, 0.3) is 0 Å². The highest BCUT2D eigenvalue weighted by Crippen LogP contribution is 2.60. The van der Waals surface area contributed by atoms with Gasteiger partial charge in [-0.3, -0.25) is 24.0 Å². The zero-order valence-electron chi connectivity index (χ0n) is 25.5. The fourth-order valence-electron chi connectivity index (χ4n) is 7.10. The molecule has 0 radical (unpaired) electrons. The van der Waals surface area contributed by atoms with Gasteiger partial charge in [-0.25, -0.2) is 0 Å². The normalized spacial score (nSPS) is 37.8. The van der Waals surface area contributed by atoms with Crippen LogP contribution in [0, 0.1) is 16.7 Å². The highest BCUT2D eigenvalue weighted by atomic mass is 16.6. The number of esters is 5. The summed E-state index contributed by atoms with van der Waals surface area (Å²) < 4.78 is 28.7. The van der Waals surface area contributed by atoms with Crippen LogP contribution in [0.4, 0.5) is 0 Å². The molecule has 0 amide bonds. The van der Waals surface area contributed by atoms with E-state index in [0.29, 0.717) is 11.1 Å². The molecule has 9 atom stereocenters. The molecule has 12 heteroatoms. The van der Waals surface area contributed by atoms with Crippen molar-refractivity contribution in [1.29, 1.82) is 0 Å². The molecule has 0 aromatic heterocycles. The predicted molar refractivity (Wildman–Crippen MR) is 145 cm³/mol. The van der Waals surface area contributed by atoms with Gasteiger partial charge in [-0.1, -0.05) is 26.0 Å². The number of carbonyl (C=O) groups excluding carboxylic acids is 5. The first-order chi connectivity index (χ1) is 19.3. The molecule has 0 aromatic carbocycles. The van der Waals surface area contributed by atoms with Crippen LogP contribution in [0.3, 0.4) is 0 Å². The first kappa shape index (κ1) is 33.3. The van der Waals surface area contributed by atoms with Crippen LogP contribution in [0.15, 0.2) is 23.3 Å². The van der Waals surface area contributed by atoms with Crippen LogP contribution in [0.1, 0.15) is 74.7 Å². The standard InChI is InChI=1S/C30H42O12/c1-14-20-10-21-25(30(9,37)24(40-17(4)34)12-28(21,7)13-31)26(41-18(5)35)27(42-19(6)36)29(20,8)23(39-16(3)33)11-22(14)38-15(2)32/h20,22-24,26-27,31,37H,1,10-13H2,2-9H3/t20-,22+,23+,24+,26-,27+,28+,29+,30+/m1/s1. The summed E-state index contributed by atoms with van der Waals surface area (Å²) in [6.45, 7) is 14.6. The Morgan fingerprint density at radius 1 is 0.810 bits per heavy atom. The van der Waals surface area contributed by atoms with Gasteiger partial charge in [-0.2, -0.15) is 0 Å². The summed E-state index contributed by atoms with van der Waals surface area (Å²) >= 11 is 0. The lowest BCUT2D eigenvalue weighted by Gasteiger charge is -2.53. The van der Waals surface area contributed by atoms with Gasteiger partial charge >= 0.3 is 29.8 Å². The third kappa shape index (κ3) is 5.96. The summed E-state index contributed by atoms with van der Waals surface area (Å²) in [5, 5.41) is 22.8. The molecule has 3 aliphatic carbocycles. The summed E-state index contributed by atoms with van der Waals surface area (Å²) in [7, 11) is 0. The van der Waals surface area contributed by atoms with Crippen molar-refractivity contribution in [3.63, 3.8) is 0 Å². The average Bonchev–Trinajstić information content (AvgIpc) is 2.94. The maximum Gasteiger partial charge on any atom is 0.303 e. The maximum absolute atomic E-state index is 12.7. The van der Waals surface area contributed by atoms with Crippen molar-refractivity contribution >= 4 is 29.8 Å². The van der Waals surface area contributed by atoms with Crippen LogP contribution in [0.25, 0.3) is 0 Å². The Morgan fingerprint density at radius 3 is 1.79 bits per heavy atom. The van der Waals surface area contributed by atoms with E-state index >= 15 is 0 Å². The molecule has 0 saturated heterocycles. The third-order valence-electron chi connectivity index (χ3n) is 9.04. The van der Waals surface area contributed by atoms with Crippen molar-refractivity contribution in [2.75, 3.05) is 6.61 Å². The molecule has 42 heavy (non-hydrogen) atoms. The molecule has 0 unspecified atom stereocenters. The fourth-order valence-corrected chi connectivity index (χ4v) is 7.10. The zero-order valence-corrected chi connectivity index (χ0v) is 25.5. The number of hydrogen-bond acceptors (Lipinski definition) is 12. The van der Waals surface area contributed by atoms with Gasteiger partial charge in [-0.05, 0) is 31.3 Å². The van der Waals surface area contributed by atoms with E-state index in [1.54, 1.807) is 13.8 Å². The lowest BCUT2D eigenvalue weighted by molar-refractivity contribution is -0.206. The summed E-state index contributed by atoms with van der Waals surface area (Å²) in [4.78, 5) is 61.8. The van der Waals surface area contributed by atoms with Crippen molar-refractivity contribution in [3.05, 3.63) is 23.3 Å². The van der Waals surface area contributed by atoms with Crippen LogP contribution >= 0.6 is 0 Å². The van der Waals surface area contributed by atoms with Gasteiger partial charge in [0.15, 0.2) is 12.2 Å². The molecular weight excluding hydrogens is 552 g/mol. The number of fused-ring (bicyclic) bond motifs is 1. The molecule has 0 aliphatic heterocycles. The van der Waals surface area contributed by atoms with E-state index in [1.165, 1.54) is 34.6 Å². The number of rotatable bonds is 6. The quantitative estimate of drug-likeness (QED) is 0.261. The Hall–Kier alpha value is -3.25. The summed E-state index contributed by atoms with van der Waals surface area (Å²) in [5.74, 6) is -4.15. The minimum absolute atomic E-state index is 0.0105. The molecular formula is C30H42O12. The Balaban J connectivity index is 2.45. The largest absolute Gasteiger partial charge is 0.462 e. The third-order valence-corrected chi connectivity index (χ3v) is 9.04. The van der Waals surface area contributed by atoms with E-state index in [4.69, 9.17) is 23.7 Å². The van der Waals surface area contributed by atoms with Gasteiger partial charge in [0.2, 0.25) is 0 Å². The smallest absolute Gasteiger partial charge is 0.303 e. The predicted octanol–water partition coefficient (Wildman–Crippen LogP) is 2.08. The Morgan fingerprint density at radius 2 is 1.31 bits per heavy atom. The van der Waals surface area contributed by atoms with E-state index in [0.717, 1.165) is 6.92 Å². The Labute approximate surface area is 245 Å². The second-order valence-electron chi connectivity index (χ2n) is 12.3. The number of aliphatic hydroxyl groups excluding tert-OH is 1. The molecule has 0 bridgehead atoms. The fraction of sp³-hybridized carbons (Fsp3) is 0.700. The number of carbonyl (C=O) groups is 5. The second kappa shape index (κ2) is 11.8. The Kier molecular flexibility index (Phi) is 9.34. The van der Waals surface area contributed by atoms with Gasteiger partial charge in [0.05, 0.1) is 12.0 Å². The van der Waals surface area contributed by atoms with Crippen LogP contribution < -0.4 is 0 Å². The van der Waals surface area contributed by atoms with E-state index < -0.39 is 89.3 Å². The van der Waals surface area contributed by atoms with Crippen molar-refractivity contribution in [2.45, 2.75) is 111 Å². The molecule has 2 N–H and O–H groups in total. The van der Waals surface area contributed by atoms with Crippen LogP contribution in [0.5, 0.6) is 0 Å². The van der Waals surface area contributed by atoms with Crippen molar-refractivity contribution in [1.82, 2.24) is 0 Å². The van der Waals surface area contributed by atoms with Crippen molar-refractivity contribution in [2.24, 2.45) is 16.7 Å². The van der Waals surface area contributed by atoms with E-state index in [-0.39, 0.29) is 24.8 Å². The molecule has 234 valence electrons. The molecule has 1 saturated carbocycles. The topological polar surface area (TPSA) is 172 Å². The second-order valence-corrected chi connectivity index (χ2v) is 12.3. The first-order valence-corrected chi connectivity index (χ1v) is 13.9. The molecule has 0 heterocycles. The van der Waals surface area contributed by atoms with E-state index in [1.807, 2.05) is 0 Å². The number of hydrogen-bond donors (Lipinski definition) is 2. The molecule has 0 spiro atoms. The first-order valence-electron chi connectivity index (χ1n) is 13.9. The Bertz CT molecular complexity index is 1200. The molecule has 0 aromatic rings. The monoisotopic (exact) mass is 594 g/mol. The lowest BCUT2D eigenvalue weighted by Crippen LogP contribution is -2.62. The van der Waals surface area contributed by atoms with Gasteiger partial charge in [-0.15, -0.1) is 0 Å². The van der Waals surface area contributed by atoms with Gasteiger partial charge in [0, 0.05) is 52.0 Å². The minimum atomic E-state index is -1.95. The average molecular weight is 595 g/mol. The summed E-state index contributed by atoms with van der Waals surface area (Å²) in [5.41, 5.74) is -3.40. The van der Waals surface area contributed by atoms with Crippen molar-refractivity contribution < 1.29 is 57.9 Å². The lowest BCUT2D eigenvalue weighted by atomic mass is 9.57. The van der Waals surface area contributed by atoms with Crippen LogP contribution in [-0.2, 0) is 47.7 Å². The summed E-state index contributed by atoms with van der Waals surface area (Å²) in [6.07, 6.45) is -5.84. The zero-order chi connectivity index (χ0) is 31.9. The van der Waals surface area contributed by atoms with E-state index in [2.05, 4.69) is 6.58 Å². The van der Waals surface area contributed by atoms with Gasteiger partial charge < -0.3 is 33.9 Å². The maximum atomic E-state index is 12.7. The highest BCUT2D eigenvalue weighted by molar-refractivity contribution is 5.70. The van der Waals surface area contributed by atoms with Crippen LogP contribution in [0.2, 0.25) is 0 Å². The van der Waals surface area contributed by atoms with Gasteiger partial charge in [0.1, 0.15) is 23.9 Å². The summed E-state index contributed by atoms with van der Waals surface area (Å²) in [6, 6.07) is 0. The SMILES string of the molecule is C=C1[C@@H](OC(C)=O)C[C@H](OC(C)=O)[C@]2(C)[C@@H]1CC1=C([C@@H](OC(C)=O)[C@@H]2OC(C)=O)[C@@](C)(O)[C@@H](OC(C)=O)C[C@@]1(C)CO. The van der Waals surface area contributed by atoms with E-state index in [9.17, 15) is 34.2 Å². The number of aliphatic hydroxyl groups is 2.